The van der Waals surface area contributed by atoms with Crippen LogP contribution < -0.4 is 11.5 Å². The maximum absolute atomic E-state index is 11.0. The molecule has 0 bridgehead atoms. The highest BCUT2D eigenvalue weighted by molar-refractivity contribution is 7.98. The van der Waals surface area contributed by atoms with E-state index in [-0.39, 0.29) is 17.3 Å². The van der Waals surface area contributed by atoms with Gasteiger partial charge in [-0.2, -0.15) is 11.8 Å². The number of carbonyl (C=O) groups is 1. The summed E-state index contributed by atoms with van der Waals surface area (Å²) in [6, 6.07) is 4.39. The second-order valence-electron chi connectivity index (χ2n) is 4.15. The molecular weight excluding hydrogens is 266 g/mol. The van der Waals surface area contributed by atoms with Crippen LogP contribution in [0.1, 0.15) is 29.3 Å². The summed E-state index contributed by atoms with van der Waals surface area (Å²) in [6.07, 6.45) is 0.871. The summed E-state index contributed by atoms with van der Waals surface area (Å²) in [5, 5.41) is 11.0. The van der Waals surface area contributed by atoms with Gasteiger partial charge in [0.25, 0.3) is 5.69 Å². The molecule has 1 unspecified atom stereocenters. The highest BCUT2D eigenvalue weighted by Crippen LogP contribution is 2.25. The van der Waals surface area contributed by atoms with Gasteiger partial charge in [0, 0.05) is 34.7 Å². The first-order valence-electron chi connectivity index (χ1n) is 5.86. The van der Waals surface area contributed by atoms with Crippen LogP contribution in [-0.4, -0.2) is 22.6 Å². The molecule has 0 fully saturated rings. The molecular formula is C12H17N3O3S. The van der Waals surface area contributed by atoms with Crippen molar-refractivity contribution < 1.29 is 9.72 Å². The molecule has 7 heteroatoms. The number of nitrogens with zero attached hydrogens (tertiary/aromatic N) is 1. The highest BCUT2D eigenvalue weighted by Gasteiger charge is 2.16. The molecule has 0 saturated heterocycles. The molecule has 0 aliphatic rings. The Balaban J connectivity index is 2.82. The minimum Gasteiger partial charge on any atom is -0.366 e. The summed E-state index contributed by atoms with van der Waals surface area (Å²) in [6.45, 7) is 2.00. The molecule has 0 heterocycles. The molecule has 104 valence electrons. The van der Waals surface area contributed by atoms with Crippen LogP contribution in [-0.2, 0) is 5.75 Å². The molecule has 0 aliphatic heterocycles. The predicted molar refractivity (Wildman–Crippen MR) is 76.0 cm³/mol. The maximum Gasteiger partial charge on any atom is 0.274 e. The van der Waals surface area contributed by atoms with Gasteiger partial charge < -0.3 is 11.5 Å². The van der Waals surface area contributed by atoms with E-state index in [4.69, 9.17) is 11.5 Å². The number of nitro benzene ring substituents is 1. The molecule has 1 rings (SSSR count). The van der Waals surface area contributed by atoms with E-state index in [9.17, 15) is 14.9 Å². The number of carbonyl (C=O) groups excluding carboxylic acids is 1. The Morgan fingerprint density at radius 2 is 2.21 bits per heavy atom. The van der Waals surface area contributed by atoms with E-state index in [2.05, 4.69) is 0 Å². The summed E-state index contributed by atoms with van der Waals surface area (Å²) in [5.74, 6) is 0.559. The molecule has 0 aliphatic carbocycles. The second kappa shape index (κ2) is 7.10. The first-order chi connectivity index (χ1) is 8.95. The zero-order chi connectivity index (χ0) is 14.4. The van der Waals surface area contributed by atoms with Crippen LogP contribution in [0, 0.1) is 10.1 Å². The summed E-state index contributed by atoms with van der Waals surface area (Å²) in [7, 11) is 0. The van der Waals surface area contributed by atoms with Gasteiger partial charge in [0.05, 0.1) is 4.92 Å². The van der Waals surface area contributed by atoms with Gasteiger partial charge in [-0.1, -0.05) is 13.0 Å². The Morgan fingerprint density at radius 3 is 2.74 bits per heavy atom. The van der Waals surface area contributed by atoms with Crippen molar-refractivity contribution >= 4 is 23.4 Å². The molecule has 19 heavy (non-hydrogen) atoms. The predicted octanol–water partition coefficient (Wildman–Crippen LogP) is 1.66. The second-order valence-corrected chi connectivity index (χ2v) is 5.18. The Morgan fingerprint density at radius 1 is 1.53 bits per heavy atom. The number of rotatable bonds is 7. The standard InChI is InChI=1S/C12H17N3O3S/c1-2-10(13)7-19-6-9-4-3-8(12(14)16)5-11(9)15(17)18/h3-5,10H,2,6-7,13H2,1H3,(H2,14,16). The van der Waals surface area contributed by atoms with Gasteiger partial charge in [-0.3, -0.25) is 14.9 Å². The zero-order valence-electron chi connectivity index (χ0n) is 10.7. The molecule has 6 nitrogen and oxygen atoms in total. The van der Waals surface area contributed by atoms with Crippen molar-refractivity contribution in [3.05, 3.63) is 39.4 Å². The van der Waals surface area contributed by atoms with E-state index >= 15 is 0 Å². The van der Waals surface area contributed by atoms with Crippen molar-refractivity contribution in [1.29, 1.82) is 0 Å². The smallest absolute Gasteiger partial charge is 0.274 e. The van der Waals surface area contributed by atoms with Crippen LogP contribution in [0.15, 0.2) is 18.2 Å². The molecule has 0 radical (unpaired) electrons. The third-order valence-corrected chi connectivity index (χ3v) is 3.86. The van der Waals surface area contributed by atoms with Crippen LogP contribution in [0.25, 0.3) is 0 Å². The Bertz CT molecular complexity index is 479. The monoisotopic (exact) mass is 283 g/mol. The van der Waals surface area contributed by atoms with E-state index in [0.717, 1.165) is 12.2 Å². The van der Waals surface area contributed by atoms with Crippen molar-refractivity contribution in [3.8, 4) is 0 Å². The van der Waals surface area contributed by atoms with Crippen LogP contribution in [0.4, 0.5) is 5.69 Å². The van der Waals surface area contributed by atoms with Crippen LogP contribution >= 0.6 is 11.8 Å². The number of hydrogen-bond donors (Lipinski definition) is 2. The number of primary amides is 1. The van der Waals surface area contributed by atoms with Gasteiger partial charge in [-0.25, -0.2) is 0 Å². The van der Waals surface area contributed by atoms with Gasteiger partial charge >= 0.3 is 0 Å². The fourth-order valence-electron chi connectivity index (χ4n) is 1.45. The lowest BCUT2D eigenvalue weighted by molar-refractivity contribution is -0.385. The van der Waals surface area contributed by atoms with Crippen LogP contribution in [0.3, 0.4) is 0 Å². The SMILES string of the molecule is CCC(N)CSCc1ccc(C(N)=O)cc1[N+](=O)[O-]. The van der Waals surface area contributed by atoms with Crippen molar-refractivity contribution in [3.63, 3.8) is 0 Å². The fraction of sp³-hybridized carbons (Fsp3) is 0.417. The van der Waals surface area contributed by atoms with Crippen molar-refractivity contribution in [2.24, 2.45) is 11.5 Å². The molecule has 0 spiro atoms. The van der Waals surface area contributed by atoms with Crippen molar-refractivity contribution in [1.82, 2.24) is 0 Å². The lowest BCUT2D eigenvalue weighted by atomic mass is 10.1. The van der Waals surface area contributed by atoms with Gasteiger partial charge in [0.15, 0.2) is 0 Å². The summed E-state index contributed by atoms with van der Waals surface area (Å²) < 4.78 is 0. The average molecular weight is 283 g/mol. The Kier molecular flexibility index (Phi) is 5.78. The highest BCUT2D eigenvalue weighted by atomic mass is 32.2. The summed E-state index contributed by atoms with van der Waals surface area (Å²) in [4.78, 5) is 21.5. The fourth-order valence-corrected chi connectivity index (χ4v) is 2.57. The number of amides is 1. The van der Waals surface area contributed by atoms with Crippen LogP contribution in [0.2, 0.25) is 0 Å². The lowest BCUT2D eigenvalue weighted by Crippen LogP contribution is -2.21. The number of nitro groups is 1. The van der Waals surface area contributed by atoms with E-state index in [1.165, 1.54) is 23.9 Å². The van der Waals surface area contributed by atoms with E-state index in [1.54, 1.807) is 6.07 Å². The number of nitrogens with two attached hydrogens (primary N) is 2. The quantitative estimate of drug-likeness (QED) is 0.583. The van der Waals surface area contributed by atoms with Gasteiger partial charge in [-0.05, 0) is 12.5 Å². The molecule has 0 aromatic heterocycles. The lowest BCUT2D eigenvalue weighted by Gasteiger charge is -2.08. The minimum absolute atomic E-state index is 0.0751. The zero-order valence-corrected chi connectivity index (χ0v) is 11.5. The number of thioether (sulfide) groups is 1. The van der Waals surface area contributed by atoms with Gasteiger partial charge in [0.2, 0.25) is 5.91 Å². The summed E-state index contributed by atoms with van der Waals surface area (Å²) in [5.41, 5.74) is 11.5. The van der Waals surface area contributed by atoms with E-state index in [1.807, 2.05) is 6.92 Å². The normalized spacial score (nSPS) is 12.1. The first-order valence-corrected chi connectivity index (χ1v) is 7.01. The van der Waals surface area contributed by atoms with Crippen LogP contribution in [0.5, 0.6) is 0 Å². The molecule has 1 aromatic rings. The Hall–Kier alpha value is -1.60. The summed E-state index contributed by atoms with van der Waals surface area (Å²) >= 11 is 1.54. The van der Waals surface area contributed by atoms with E-state index < -0.39 is 10.8 Å². The van der Waals surface area contributed by atoms with Gasteiger partial charge in [0.1, 0.15) is 0 Å². The van der Waals surface area contributed by atoms with E-state index in [0.29, 0.717) is 11.3 Å². The van der Waals surface area contributed by atoms with Crippen molar-refractivity contribution in [2.45, 2.75) is 25.1 Å². The third-order valence-electron chi connectivity index (χ3n) is 2.68. The average Bonchev–Trinajstić information content (AvgIpc) is 2.38. The first kappa shape index (κ1) is 15.5. The third kappa shape index (κ3) is 4.53. The topological polar surface area (TPSA) is 112 Å². The van der Waals surface area contributed by atoms with Crippen molar-refractivity contribution in [2.75, 3.05) is 5.75 Å². The molecule has 4 N–H and O–H groups in total. The Labute approximate surface area is 115 Å². The maximum atomic E-state index is 11.0. The number of hydrogen-bond acceptors (Lipinski definition) is 5. The molecule has 1 aromatic carbocycles. The molecule has 0 saturated carbocycles. The van der Waals surface area contributed by atoms with Gasteiger partial charge in [-0.15, -0.1) is 0 Å². The molecule has 1 amide bonds. The minimum atomic E-state index is -0.671. The molecule has 1 atom stereocenters. The largest absolute Gasteiger partial charge is 0.366 e. The number of benzene rings is 1.